The van der Waals surface area contributed by atoms with Gasteiger partial charge in [0, 0.05) is 42.7 Å². The zero-order chi connectivity index (χ0) is 16.2. The molecule has 124 valence electrons. The van der Waals surface area contributed by atoms with E-state index in [2.05, 4.69) is 10.3 Å². The van der Waals surface area contributed by atoms with Crippen molar-refractivity contribution in [1.82, 2.24) is 19.9 Å². The van der Waals surface area contributed by atoms with Crippen LogP contribution in [0.15, 0.2) is 12.4 Å². The maximum Gasteiger partial charge on any atom is 0.222 e. The van der Waals surface area contributed by atoms with Gasteiger partial charge in [-0.05, 0) is 39.5 Å². The molecule has 23 heavy (non-hydrogen) atoms. The van der Waals surface area contributed by atoms with Gasteiger partial charge in [0.2, 0.25) is 5.91 Å². The molecule has 0 saturated carbocycles. The van der Waals surface area contributed by atoms with Crippen molar-refractivity contribution in [2.75, 3.05) is 6.54 Å². The Morgan fingerprint density at radius 3 is 3.00 bits per heavy atom. The van der Waals surface area contributed by atoms with Crippen molar-refractivity contribution in [3.05, 3.63) is 33.8 Å². The van der Waals surface area contributed by atoms with E-state index in [1.54, 1.807) is 6.20 Å². The van der Waals surface area contributed by atoms with Gasteiger partial charge in [0.1, 0.15) is 5.82 Å². The first-order valence-electron chi connectivity index (χ1n) is 8.37. The number of imidazole rings is 1. The summed E-state index contributed by atoms with van der Waals surface area (Å²) < 4.78 is 2.04. The highest BCUT2D eigenvalue weighted by molar-refractivity contribution is 7.11. The summed E-state index contributed by atoms with van der Waals surface area (Å²) in [5.41, 5.74) is 1.30. The Bertz CT molecular complexity index is 652. The lowest BCUT2D eigenvalue weighted by molar-refractivity contribution is -0.121. The molecule has 0 unspecified atom stereocenters. The highest BCUT2D eigenvalue weighted by atomic mass is 32.1. The summed E-state index contributed by atoms with van der Waals surface area (Å²) in [5, 5.41) is 4.18. The summed E-state index contributed by atoms with van der Waals surface area (Å²) in [5.74, 6) is 1.03. The van der Waals surface area contributed by atoms with Crippen molar-refractivity contribution in [3.8, 4) is 0 Å². The fourth-order valence-corrected chi connectivity index (χ4v) is 4.27. The Morgan fingerprint density at radius 2 is 2.26 bits per heavy atom. The zero-order valence-electron chi connectivity index (χ0n) is 13.8. The van der Waals surface area contributed by atoms with Crippen LogP contribution >= 0.6 is 11.3 Å². The van der Waals surface area contributed by atoms with Crippen LogP contribution < -0.4 is 5.32 Å². The molecule has 0 radical (unpaired) electrons. The van der Waals surface area contributed by atoms with Gasteiger partial charge in [0.05, 0.1) is 10.7 Å². The first kappa shape index (κ1) is 16.2. The maximum absolute atomic E-state index is 12.1. The van der Waals surface area contributed by atoms with E-state index < -0.39 is 0 Å². The molecule has 0 aromatic carbocycles. The van der Waals surface area contributed by atoms with E-state index in [4.69, 9.17) is 4.98 Å². The van der Waals surface area contributed by atoms with Gasteiger partial charge in [-0.1, -0.05) is 0 Å². The van der Waals surface area contributed by atoms with Gasteiger partial charge in [-0.2, -0.15) is 0 Å². The number of carbonyl (C=O) groups is 1. The minimum atomic E-state index is 0.0897. The number of nitrogens with zero attached hydrogens (tertiary/aromatic N) is 3. The van der Waals surface area contributed by atoms with E-state index >= 15 is 0 Å². The SMILES string of the molecule is Cc1nccn1[C@H](C)CC(=O)NCCc1nc2c(s1)CCCC2. The second-order valence-corrected chi connectivity index (χ2v) is 7.39. The third kappa shape index (κ3) is 3.99. The highest BCUT2D eigenvalue weighted by Gasteiger charge is 2.15. The zero-order valence-corrected chi connectivity index (χ0v) is 14.7. The lowest BCUT2D eigenvalue weighted by atomic mass is 10.0. The number of thiazole rings is 1. The quantitative estimate of drug-likeness (QED) is 0.885. The topological polar surface area (TPSA) is 59.8 Å². The molecule has 1 aliphatic carbocycles. The summed E-state index contributed by atoms with van der Waals surface area (Å²) >= 11 is 1.83. The predicted molar refractivity (Wildman–Crippen MR) is 91.8 cm³/mol. The van der Waals surface area contributed by atoms with Crippen molar-refractivity contribution in [2.24, 2.45) is 0 Å². The van der Waals surface area contributed by atoms with Gasteiger partial charge in [0.25, 0.3) is 0 Å². The summed E-state index contributed by atoms with van der Waals surface area (Å²) in [4.78, 5) is 22.5. The van der Waals surface area contributed by atoms with E-state index in [0.717, 1.165) is 23.7 Å². The summed E-state index contributed by atoms with van der Waals surface area (Å²) in [6.45, 7) is 4.67. The number of nitrogens with one attached hydrogen (secondary N) is 1. The minimum absolute atomic E-state index is 0.0897. The van der Waals surface area contributed by atoms with E-state index in [1.807, 2.05) is 35.9 Å². The van der Waals surface area contributed by atoms with Crippen molar-refractivity contribution in [3.63, 3.8) is 0 Å². The number of fused-ring (bicyclic) bond motifs is 1. The lowest BCUT2D eigenvalue weighted by Gasteiger charge is -2.14. The standard InChI is InChI=1S/C17H24N4OS/c1-12(21-10-9-18-13(21)2)11-16(22)19-8-7-17-20-14-5-3-4-6-15(14)23-17/h9-10,12H,3-8,11H2,1-2H3,(H,19,22)/t12-/m1/s1. The van der Waals surface area contributed by atoms with E-state index in [1.165, 1.54) is 29.8 Å². The van der Waals surface area contributed by atoms with Crippen molar-refractivity contribution < 1.29 is 4.79 Å². The Balaban J connectivity index is 1.44. The molecule has 1 N–H and O–H groups in total. The first-order chi connectivity index (χ1) is 11.1. The van der Waals surface area contributed by atoms with Gasteiger partial charge < -0.3 is 9.88 Å². The molecule has 2 aromatic heterocycles. The van der Waals surface area contributed by atoms with E-state index in [-0.39, 0.29) is 11.9 Å². The molecular weight excluding hydrogens is 308 g/mol. The van der Waals surface area contributed by atoms with Crippen LogP contribution in [0.3, 0.4) is 0 Å². The molecule has 5 nitrogen and oxygen atoms in total. The lowest BCUT2D eigenvalue weighted by Crippen LogP contribution is -2.27. The summed E-state index contributed by atoms with van der Waals surface area (Å²) in [6.07, 6.45) is 9.87. The average Bonchev–Trinajstić information content (AvgIpc) is 3.12. The van der Waals surface area contributed by atoms with Crippen molar-refractivity contribution in [1.29, 1.82) is 0 Å². The van der Waals surface area contributed by atoms with Gasteiger partial charge in [-0.3, -0.25) is 4.79 Å². The summed E-state index contributed by atoms with van der Waals surface area (Å²) in [6, 6.07) is 0.129. The van der Waals surface area contributed by atoms with Crippen LogP contribution in [0.25, 0.3) is 0 Å². The number of hydrogen-bond acceptors (Lipinski definition) is 4. The molecule has 0 fully saturated rings. The smallest absolute Gasteiger partial charge is 0.222 e. The minimum Gasteiger partial charge on any atom is -0.356 e. The number of amides is 1. The normalized spacial score (nSPS) is 15.2. The highest BCUT2D eigenvalue weighted by Crippen LogP contribution is 2.26. The molecule has 2 heterocycles. The fourth-order valence-electron chi connectivity index (χ4n) is 3.11. The number of rotatable bonds is 6. The molecule has 1 amide bonds. The van der Waals surface area contributed by atoms with E-state index in [9.17, 15) is 4.79 Å². The molecule has 6 heteroatoms. The number of aromatic nitrogens is 3. The van der Waals surface area contributed by atoms with Crippen LogP contribution in [0.2, 0.25) is 0 Å². The molecule has 0 bridgehead atoms. The van der Waals surface area contributed by atoms with Crippen LogP contribution in [0, 0.1) is 6.92 Å². The predicted octanol–water partition coefficient (Wildman–Crippen LogP) is 2.84. The number of hydrogen-bond donors (Lipinski definition) is 1. The Morgan fingerprint density at radius 1 is 1.43 bits per heavy atom. The fraction of sp³-hybridized carbons (Fsp3) is 0.588. The molecule has 1 atom stereocenters. The monoisotopic (exact) mass is 332 g/mol. The van der Waals surface area contributed by atoms with Gasteiger partial charge >= 0.3 is 0 Å². The number of carbonyl (C=O) groups excluding carboxylic acids is 1. The second kappa shape index (κ2) is 7.25. The van der Waals surface area contributed by atoms with Gasteiger partial charge in [0.15, 0.2) is 0 Å². The molecule has 0 aliphatic heterocycles. The van der Waals surface area contributed by atoms with Crippen molar-refractivity contribution >= 4 is 17.2 Å². The molecule has 0 saturated heterocycles. The van der Waals surface area contributed by atoms with Crippen LogP contribution in [-0.2, 0) is 24.1 Å². The molecule has 1 aliphatic rings. The third-order valence-electron chi connectivity index (χ3n) is 4.37. The van der Waals surface area contributed by atoms with E-state index in [0.29, 0.717) is 13.0 Å². The Kier molecular flexibility index (Phi) is 5.10. The molecular formula is C17H24N4OS. The first-order valence-corrected chi connectivity index (χ1v) is 9.18. The van der Waals surface area contributed by atoms with Gasteiger partial charge in [-0.25, -0.2) is 9.97 Å². The molecule has 3 rings (SSSR count). The number of aryl methyl sites for hydroxylation is 3. The van der Waals surface area contributed by atoms with Crippen LogP contribution in [0.5, 0.6) is 0 Å². The van der Waals surface area contributed by atoms with Crippen LogP contribution in [0.4, 0.5) is 0 Å². The Hall–Kier alpha value is -1.69. The largest absolute Gasteiger partial charge is 0.356 e. The summed E-state index contributed by atoms with van der Waals surface area (Å²) in [7, 11) is 0. The third-order valence-corrected chi connectivity index (χ3v) is 5.59. The second-order valence-electron chi connectivity index (χ2n) is 6.22. The van der Waals surface area contributed by atoms with Crippen LogP contribution in [-0.4, -0.2) is 27.0 Å². The Labute approximate surface area is 141 Å². The molecule has 0 spiro atoms. The molecule has 2 aromatic rings. The maximum atomic E-state index is 12.1. The van der Waals surface area contributed by atoms with Crippen LogP contribution in [0.1, 0.15) is 53.6 Å². The van der Waals surface area contributed by atoms with Crippen molar-refractivity contribution in [2.45, 2.75) is 58.4 Å². The average molecular weight is 332 g/mol. The van der Waals surface area contributed by atoms with Gasteiger partial charge in [-0.15, -0.1) is 11.3 Å².